The summed E-state index contributed by atoms with van der Waals surface area (Å²) in [4.78, 5) is 12.1. The van der Waals surface area contributed by atoms with Crippen molar-refractivity contribution in [3.05, 3.63) is 28.3 Å². The van der Waals surface area contributed by atoms with Crippen molar-refractivity contribution in [2.75, 3.05) is 11.9 Å². The van der Waals surface area contributed by atoms with Gasteiger partial charge in [0.05, 0.1) is 17.8 Å². The van der Waals surface area contributed by atoms with E-state index in [-0.39, 0.29) is 12.6 Å². The Hall–Kier alpha value is -1.26. The summed E-state index contributed by atoms with van der Waals surface area (Å²) in [5, 5.41) is 15.4. The van der Waals surface area contributed by atoms with Crippen LogP contribution in [0.5, 0.6) is 0 Å². The lowest BCUT2D eigenvalue weighted by Crippen LogP contribution is -2.48. The summed E-state index contributed by atoms with van der Waals surface area (Å²) in [5.41, 5.74) is 2.08. The van der Waals surface area contributed by atoms with Crippen molar-refractivity contribution < 1.29 is 9.90 Å². The van der Waals surface area contributed by atoms with Gasteiger partial charge in [0, 0.05) is 5.02 Å². The molecule has 0 aliphatic rings. The van der Waals surface area contributed by atoms with Gasteiger partial charge in [-0.25, -0.2) is 4.79 Å². The molecule has 1 aromatic rings. The summed E-state index contributed by atoms with van der Waals surface area (Å²) in [6, 6.07) is 3.45. The van der Waals surface area contributed by atoms with Gasteiger partial charge in [-0.3, -0.25) is 0 Å². The zero-order valence-corrected chi connectivity index (χ0v) is 13.3. The van der Waals surface area contributed by atoms with Crippen LogP contribution < -0.4 is 10.6 Å². The fourth-order valence-corrected chi connectivity index (χ4v) is 2.25. The maximum atomic E-state index is 12.1. The number of urea groups is 1. The quantitative estimate of drug-likeness (QED) is 0.780. The number of anilines is 1. The molecule has 0 aromatic heterocycles. The van der Waals surface area contributed by atoms with E-state index in [2.05, 4.69) is 10.6 Å². The number of aliphatic hydroxyl groups is 1. The van der Waals surface area contributed by atoms with Crippen molar-refractivity contribution in [3.8, 4) is 0 Å². The molecule has 0 heterocycles. The van der Waals surface area contributed by atoms with Gasteiger partial charge in [0.2, 0.25) is 0 Å². The summed E-state index contributed by atoms with van der Waals surface area (Å²) in [6.45, 7) is 7.42. The number of benzene rings is 1. The molecule has 1 rings (SSSR count). The average molecular weight is 299 g/mol. The normalized spacial score (nSPS) is 11.3. The second-order valence-corrected chi connectivity index (χ2v) is 5.80. The van der Waals surface area contributed by atoms with Crippen LogP contribution in [-0.4, -0.2) is 23.3 Å². The summed E-state index contributed by atoms with van der Waals surface area (Å²) in [5.74, 6) is 0. The Morgan fingerprint density at radius 3 is 2.45 bits per heavy atom. The van der Waals surface area contributed by atoms with Crippen molar-refractivity contribution >= 4 is 23.3 Å². The number of hydrogen-bond acceptors (Lipinski definition) is 2. The van der Waals surface area contributed by atoms with E-state index in [0.717, 1.165) is 29.7 Å². The van der Waals surface area contributed by atoms with Crippen LogP contribution in [0.3, 0.4) is 0 Å². The van der Waals surface area contributed by atoms with Crippen LogP contribution in [-0.2, 0) is 12.8 Å². The van der Waals surface area contributed by atoms with Gasteiger partial charge in [0.1, 0.15) is 0 Å². The third kappa shape index (κ3) is 4.12. The highest BCUT2D eigenvalue weighted by atomic mass is 35.5. The lowest BCUT2D eigenvalue weighted by Gasteiger charge is -2.24. The Bertz CT molecular complexity index is 487. The van der Waals surface area contributed by atoms with Crippen molar-refractivity contribution in [1.82, 2.24) is 5.32 Å². The smallest absolute Gasteiger partial charge is 0.319 e. The number of hydrogen-bond donors (Lipinski definition) is 3. The Morgan fingerprint density at radius 2 is 1.95 bits per heavy atom. The number of aliphatic hydroxyl groups excluding tert-OH is 1. The van der Waals surface area contributed by atoms with Crippen LogP contribution >= 0.6 is 11.6 Å². The Balaban J connectivity index is 3.02. The minimum Gasteiger partial charge on any atom is -0.394 e. The molecule has 20 heavy (non-hydrogen) atoms. The molecule has 0 saturated carbocycles. The van der Waals surface area contributed by atoms with E-state index in [1.54, 1.807) is 13.8 Å². The standard InChI is InChI=1S/C15H23ClN2O2/c1-5-10-7-8-12(16)11(6-2)13(10)17-14(20)18-15(3,4)9-19/h7-8,19H,5-6,9H2,1-4H3,(H2,17,18,20). The first-order valence-corrected chi connectivity index (χ1v) is 7.22. The zero-order chi connectivity index (χ0) is 15.3. The summed E-state index contributed by atoms with van der Waals surface area (Å²) in [7, 11) is 0. The molecule has 0 aliphatic heterocycles. The minimum absolute atomic E-state index is 0.128. The SMILES string of the molecule is CCc1ccc(Cl)c(CC)c1NC(=O)NC(C)(C)CO. The lowest BCUT2D eigenvalue weighted by atomic mass is 10.0. The van der Waals surface area contributed by atoms with Crippen molar-refractivity contribution in [2.24, 2.45) is 0 Å². The molecule has 5 heteroatoms. The molecule has 0 radical (unpaired) electrons. The van der Waals surface area contributed by atoms with E-state index >= 15 is 0 Å². The number of nitrogens with one attached hydrogen (secondary N) is 2. The highest BCUT2D eigenvalue weighted by Crippen LogP contribution is 2.29. The largest absolute Gasteiger partial charge is 0.394 e. The third-order valence-corrected chi connectivity index (χ3v) is 3.52. The van der Waals surface area contributed by atoms with Gasteiger partial charge < -0.3 is 15.7 Å². The molecule has 0 fully saturated rings. The number of aryl methyl sites for hydroxylation is 1. The van der Waals surface area contributed by atoms with Gasteiger partial charge in [-0.15, -0.1) is 0 Å². The first kappa shape index (κ1) is 16.8. The highest BCUT2D eigenvalue weighted by Gasteiger charge is 2.20. The Kier molecular flexibility index (Phi) is 5.84. The monoisotopic (exact) mass is 298 g/mol. The van der Waals surface area contributed by atoms with Crippen LogP contribution in [0.1, 0.15) is 38.8 Å². The van der Waals surface area contributed by atoms with E-state index in [9.17, 15) is 9.90 Å². The van der Waals surface area contributed by atoms with E-state index in [4.69, 9.17) is 11.6 Å². The molecular weight excluding hydrogens is 276 g/mol. The van der Waals surface area contributed by atoms with Crippen molar-refractivity contribution in [1.29, 1.82) is 0 Å². The van der Waals surface area contributed by atoms with Crippen molar-refractivity contribution in [3.63, 3.8) is 0 Å². The third-order valence-electron chi connectivity index (χ3n) is 3.16. The Morgan fingerprint density at radius 1 is 1.30 bits per heavy atom. The second kappa shape index (κ2) is 6.95. The number of amides is 2. The maximum Gasteiger partial charge on any atom is 0.319 e. The number of carbonyl (C=O) groups excluding carboxylic acids is 1. The molecule has 0 aliphatic carbocycles. The molecule has 0 atom stereocenters. The molecule has 4 nitrogen and oxygen atoms in total. The summed E-state index contributed by atoms with van der Waals surface area (Å²) >= 11 is 6.19. The minimum atomic E-state index is -0.665. The molecule has 112 valence electrons. The molecule has 0 spiro atoms. The molecule has 2 amide bonds. The first-order valence-electron chi connectivity index (χ1n) is 6.84. The fraction of sp³-hybridized carbons (Fsp3) is 0.533. The number of halogens is 1. The molecule has 3 N–H and O–H groups in total. The van der Waals surface area contributed by atoms with Gasteiger partial charge in [0.25, 0.3) is 0 Å². The van der Waals surface area contributed by atoms with Crippen LogP contribution in [0.15, 0.2) is 12.1 Å². The van der Waals surface area contributed by atoms with Crippen molar-refractivity contribution in [2.45, 2.75) is 46.1 Å². The zero-order valence-electron chi connectivity index (χ0n) is 12.5. The average Bonchev–Trinajstić information content (AvgIpc) is 2.38. The lowest BCUT2D eigenvalue weighted by molar-refractivity contribution is 0.187. The molecule has 0 saturated heterocycles. The van der Waals surface area contributed by atoms with Crippen LogP contribution in [0.4, 0.5) is 10.5 Å². The Labute approximate surface area is 125 Å². The molecular formula is C15H23ClN2O2. The predicted molar refractivity (Wildman–Crippen MR) is 83.5 cm³/mol. The van der Waals surface area contributed by atoms with Gasteiger partial charge in [0.15, 0.2) is 0 Å². The molecule has 0 bridgehead atoms. The molecule has 0 unspecified atom stereocenters. The van der Waals surface area contributed by atoms with Gasteiger partial charge in [-0.1, -0.05) is 31.5 Å². The van der Waals surface area contributed by atoms with E-state index < -0.39 is 5.54 Å². The predicted octanol–water partition coefficient (Wildman–Crippen LogP) is 3.36. The van der Waals surface area contributed by atoms with Crippen LogP contribution in [0.25, 0.3) is 0 Å². The molecule has 1 aromatic carbocycles. The first-order chi connectivity index (χ1) is 9.34. The van der Waals surface area contributed by atoms with Gasteiger partial charge >= 0.3 is 6.03 Å². The van der Waals surface area contributed by atoms with Crippen LogP contribution in [0, 0.1) is 0 Å². The summed E-state index contributed by atoms with van der Waals surface area (Å²) < 4.78 is 0. The van der Waals surface area contributed by atoms with Gasteiger partial charge in [-0.05, 0) is 43.9 Å². The highest BCUT2D eigenvalue weighted by molar-refractivity contribution is 6.31. The summed E-state index contributed by atoms with van der Waals surface area (Å²) in [6.07, 6.45) is 1.55. The van der Waals surface area contributed by atoms with Crippen LogP contribution in [0.2, 0.25) is 5.02 Å². The van der Waals surface area contributed by atoms with E-state index in [0.29, 0.717) is 5.02 Å². The number of carbonyl (C=O) groups is 1. The van der Waals surface area contributed by atoms with Gasteiger partial charge in [-0.2, -0.15) is 0 Å². The van der Waals surface area contributed by atoms with E-state index in [1.165, 1.54) is 0 Å². The fourth-order valence-electron chi connectivity index (χ4n) is 1.96. The second-order valence-electron chi connectivity index (χ2n) is 5.39. The number of rotatable bonds is 5. The maximum absolute atomic E-state index is 12.1. The van der Waals surface area contributed by atoms with E-state index in [1.807, 2.05) is 26.0 Å². The topological polar surface area (TPSA) is 61.4 Å².